The van der Waals surface area contributed by atoms with Crippen LogP contribution in [0.15, 0.2) is 54.6 Å². The fourth-order valence-corrected chi connectivity index (χ4v) is 3.71. The molecule has 0 bridgehead atoms. The molecule has 130 valence electrons. The highest BCUT2D eigenvalue weighted by Crippen LogP contribution is 2.35. The third kappa shape index (κ3) is 3.43. The van der Waals surface area contributed by atoms with Crippen molar-refractivity contribution in [1.82, 2.24) is 5.32 Å². The monoisotopic (exact) mass is 353 g/mol. The quantitative estimate of drug-likeness (QED) is 0.351. The van der Waals surface area contributed by atoms with Gasteiger partial charge < -0.3 is 10.4 Å². The molecule has 4 rings (SSSR count). The van der Waals surface area contributed by atoms with Crippen LogP contribution in [0.3, 0.4) is 0 Å². The third-order valence-corrected chi connectivity index (χ3v) is 4.95. The van der Waals surface area contributed by atoms with Crippen molar-refractivity contribution in [3.63, 3.8) is 0 Å². The molecule has 0 unspecified atom stereocenters. The number of aliphatic hydroxyl groups is 1. The highest BCUT2D eigenvalue weighted by atomic mass is 35.5. The molecule has 25 heavy (non-hydrogen) atoms. The third-order valence-electron chi connectivity index (χ3n) is 4.95. The van der Waals surface area contributed by atoms with Crippen LogP contribution in [-0.2, 0) is 6.54 Å². The summed E-state index contributed by atoms with van der Waals surface area (Å²) in [6.45, 7) is 2.20. The predicted octanol–water partition coefficient (Wildman–Crippen LogP) is 5.26. The van der Waals surface area contributed by atoms with Crippen LogP contribution in [-0.4, -0.2) is 18.3 Å². The van der Waals surface area contributed by atoms with Gasteiger partial charge in [0, 0.05) is 13.2 Å². The number of nitrogens with one attached hydrogen (secondary N) is 1. The number of benzene rings is 4. The van der Waals surface area contributed by atoms with E-state index < -0.39 is 0 Å². The predicted molar refractivity (Wildman–Crippen MR) is 110 cm³/mol. The van der Waals surface area contributed by atoms with E-state index >= 15 is 0 Å². The van der Waals surface area contributed by atoms with Crippen LogP contribution in [0.25, 0.3) is 32.3 Å². The molecule has 0 heterocycles. The molecule has 0 atom stereocenters. The Morgan fingerprint density at radius 1 is 0.720 bits per heavy atom. The minimum absolute atomic E-state index is 0. The van der Waals surface area contributed by atoms with Gasteiger partial charge in [-0.25, -0.2) is 0 Å². The van der Waals surface area contributed by atoms with E-state index in [2.05, 4.69) is 59.9 Å². The smallest absolute Gasteiger partial charge is 0.0431 e. The Hall–Kier alpha value is -1.87. The number of hydrogen-bond donors (Lipinski definition) is 2. The van der Waals surface area contributed by atoms with Gasteiger partial charge in [-0.15, -0.1) is 12.4 Å². The van der Waals surface area contributed by atoms with E-state index in [1.807, 2.05) is 0 Å². The molecule has 0 saturated carbocycles. The Balaban J connectivity index is 0.00000182. The Bertz CT molecular complexity index is 950. The summed E-state index contributed by atoms with van der Waals surface area (Å²) in [5.41, 5.74) is 1.36. The van der Waals surface area contributed by atoms with Crippen molar-refractivity contribution in [2.24, 2.45) is 0 Å². The van der Waals surface area contributed by atoms with Crippen molar-refractivity contribution < 1.29 is 5.11 Å². The van der Waals surface area contributed by atoms with Crippen molar-refractivity contribution in [3.05, 3.63) is 60.2 Å². The Labute approximate surface area is 154 Å². The van der Waals surface area contributed by atoms with Gasteiger partial charge >= 0.3 is 0 Å². The number of hydrogen-bond acceptors (Lipinski definition) is 2. The number of aliphatic hydroxyl groups excluding tert-OH is 1. The molecule has 0 aliphatic rings. The van der Waals surface area contributed by atoms with Crippen LogP contribution in [0.1, 0.15) is 24.8 Å². The average Bonchev–Trinajstić information content (AvgIpc) is 2.63. The van der Waals surface area contributed by atoms with Gasteiger partial charge in [0.25, 0.3) is 0 Å². The first-order chi connectivity index (χ1) is 11.9. The molecule has 0 saturated heterocycles. The average molecular weight is 354 g/mol. The molecule has 0 aromatic heterocycles. The van der Waals surface area contributed by atoms with Crippen LogP contribution in [0.4, 0.5) is 0 Å². The molecule has 2 N–H and O–H groups in total. The number of rotatable bonds is 7. The summed E-state index contributed by atoms with van der Waals surface area (Å²) in [6.07, 6.45) is 3.11. The van der Waals surface area contributed by atoms with Gasteiger partial charge in [0.2, 0.25) is 0 Å². The van der Waals surface area contributed by atoms with E-state index in [1.165, 1.54) is 37.9 Å². The van der Waals surface area contributed by atoms with Gasteiger partial charge in [-0.2, -0.15) is 0 Å². The normalized spacial score (nSPS) is 11.4. The largest absolute Gasteiger partial charge is 0.396 e. The zero-order chi connectivity index (χ0) is 16.4. The lowest BCUT2D eigenvalue weighted by atomic mass is 9.92. The van der Waals surface area contributed by atoms with E-state index in [-0.39, 0.29) is 12.4 Å². The van der Waals surface area contributed by atoms with Gasteiger partial charge in [0.05, 0.1) is 0 Å². The van der Waals surface area contributed by atoms with Crippen molar-refractivity contribution in [1.29, 1.82) is 0 Å². The first kappa shape index (κ1) is 17.9. The van der Waals surface area contributed by atoms with E-state index in [4.69, 9.17) is 5.11 Å². The van der Waals surface area contributed by atoms with Crippen molar-refractivity contribution in [2.75, 3.05) is 13.2 Å². The summed E-state index contributed by atoms with van der Waals surface area (Å²) in [7, 11) is 0. The standard InChI is InChI=1S/C22H23NO.ClH/c24-14-3-1-2-13-23-15-19-10-9-18-8-7-16-5-4-6-17-11-12-20(19)22(18)21(16)17;/h4-12,23-24H,1-3,13-15H2;1H. The summed E-state index contributed by atoms with van der Waals surface area (Å²) < 4.78 is 0. The van der Waals surface area contributed by atoms with Crippen LogP contribution in [0.2, 0.25) is 0 Å². The maximum atomic E-state index is 8.83. The molecule has 0 spiro atoms. The van der Waals surface area contributed by atoms with Crippen molar-refractivity contribution in [2.45, 2.75) is 25.8 Å². The maximum Gasteiger partial charge on any atom is 0.0431 e. The Kier molecular flexibility index (Phi) is 5.74. The molecular weight excluding hydrogens is 330 g/mol. The molecule has 2 nitrogen and oxygen atoms in total. The molecular formula is C22H24ClNO. The minimum atomic E-state index is 0. The summed E-state index contributed by atoms with van der Waals surface area (Å²) in [5.74, 6) is 0. The molecule has 0 amide bonds. The summed E-state index contributed by atoms with van der Waals surface area (Å²) in [4.78, 5) is 0. The zero-order valence-electron chi connectivity index (χ0n) is 14.3. The van der Waals surface area contributed by atoms with Gasteiger partial charge in [-0.05, 0) is 63.7 Å². The molecule has 0 aliphatic carbocycles. The second-order valence-electron chi connectivity index (χ2n) is 6.54. The maximum absolute atomic E-state index is 8.83. The van der Waals surface area contributed by atoms with Gasteiger partial charge in [0.15, 0.2) is 0 Å². The minimum Gasteiger partial charge on any atom is -0.396 e. The lowest BCUT2D eigenvalue weighted by Gasteiger charge is -2.14. The van der Waals surface area contributed by atoms with Crippen LogP contribution < -0.4 is 5.32 Å². The summed E-state index contributed by atoms with van der Waals surface area (Å²) >= 11 is 0. The molecule has 0 aliphatic heterocycles. The Morgan fingerprint density at radius 3 is 2.16 bits per heavy atom. The topological polar surface area (TPSA) is 32.3 Å². The highest BCUT2D eigenvalue weighted by molar-refractivity contribution is 6.23. The first-order valence-corrected chi connectivity index (χ1v) is 8.85. The van der Waals surface area contributed by atoms with Gasteiger partial charge in [-0.3, -0.25) is 0 Å². The first-order valence-electron chi connectivity index (χ1n) is 8.85. The molecule has 0 fully saturated rings. The van der Waals surface area contributed by atoms with Crippen molar-refractivity contribution >= 4 is 44.7 Å². The van der Waals surface area contributed by atoms with Crippen LogP contribution >= 0.6 is 12.4 Å². The molecule has 0 radical (unpaired) electrons. The number of halogens is 1. The lowest BCUT2D eigenvalue weighted by Crippen LogP contribution is -2.15. The zero-order valence-corrected chi connectivity index (χ0v) is 15.1. The molecule has 3 heteroatoms. The highest BCUT2D eigenvalue weighted by Gasteiger charge is 2.10. The van der Waals surface area contributed by atoms with Gasteiger partial charge in [0.1, 0.15) is 0 Å². The fraction of sp³-hybridized carbons (Fsp3) is 0.273. The van der Waals surface area contributed by atoms with Crippen molar-refractivity contribution in [3.8, 4) is 0 Å². The SMILES string of the molecule is Cl.OCCCCCNCc1ccc2ccc3cccc4ccc1c2c34. The van der Waals surface area contributed by atoms with E-state index in [9.17, 15) is 0 Å². The van der Waals surface area contributed by atoms with E-state index in [0.29, 0.717) is 6.61 Å². The lowest BCUT2D eigenvalue weighted by molar-refractivity contribution is 0.283. The second-order valence-corrected chi connectivity index (χ2v) is 6.54. The van der Waals surface area contributed by atoms with Crippen LogP contribution in [0.5, 0.6) is 0 Å². The fourth-order valence-electron chi connectivity index (χ4n) is 3.71. The molecule has 4 aromatic rings. The van der Waals surface area contributed by atoms with E-state index in [0.717, 1.165) is 32.4 Å². The summed E-state index contributed by atoms with van der Waals surface area (Å²) in [6, 6.07) is 20.0. The summed E-state index contributed by atoms with van der Waals surface area (Å²) in [5, 5.41) is 20.5. The van der Waals surface area contributed by atoms with Gasteiger partial charge in [-0.1, -0.05) is 54.6 Å². The van der Waals surface area contributed by atoms with Crippen LogP contribution in [0, 0.1) is 0 Å². The van der Waals surface area contributed by atoms with E-state index in [1.54, 1.807) is 0 Å². The second kappa shape index (κ2) is 8.01. The Morgan fingerprint density at radius 2 is 1.40 bits per heavy atom. The number of unbranched alkanes of at least 4 members (excludes halogenated alkanes) is 2. The molecule has 4 aromatic carbocycles.